The van der Waals surface area contributed by atoms with E-state index in [-0.39, 0.29) is 0 Å². The number of hydrogen-bond donors (Lipinski definition) is 1. The molecular weight excluding hydrogens is 184 g/mol. The van der Waals surface area contributed by atoms with Crippen LogP contribution in [-0.2, 0) is 0 Å². The van der Waals surface area contributed by atoms with E-state index in [0.29, 0.717) is 0 Å². The second kappa shape index (κ2) is 7.04. The van der Waals surface area contributed by atoms with Gasteiger partial charge in [-0.1, -0.05) is 18.2 Å². The SMILES string of the molecule is C=C(NC)C(C/C(=C/C)N=CC)=C(C)C. The van der Waals surface area contributed by atoms with Gasteiger partial charge >= 0.3 is 0 Å². The lowest BCUT2D eigenvalue weighted by Crippen LogP contribution is -2.08. The van der Waals surface area contributed by atoms with Gasteiger partial charge in [-0.25, -0.2) is 0 Å². The van der Waals surface area contributed by atoms with Crippen LogP contribution in [0.3, 0.4) is 0 Å². The van der Waals surface area contributed by atoms with E-state index in [1.807, 2.05) is 33.2 Å². The molecule has 84 valence electrons. The van der Waals surface area contributed by atoms with Crippen molar-refractivity contribution in [2.45, 2.75) is 34.1 Å². The molecule has 1 N–H and O–H groups in total. The van der Waals surface area contributed by atoms with Gasteiger partial charge in [-0.3, -0.25) is 4.99 Å². The van der Waals surface area contributed by atoms with E-state index in [0.717, 1.165) is 17.8 Å². The topological polar surface area (TPSA) is 24.4 Å². The standard InChI is InChI=1S/C13H22N2/c1-7-12(15-8-2)9-13(10(3)4)11(5)14-6/h7-8,14H,5,9H2,1-4,6H3/b12-7-,15-8?. The number of rotatable bonds is 5. The van der Waals surface area contributed by atoms with Crippen LogP contribution in [0.2, 0.25) is 0 Å². The second-order valence-corrected chi connectivity index (χ2v) is 3.55. The van der Waals surface area contributed by atoms with Gasteiger partial charge in [-0.15, -0.1) is 0 Å². The number of likely N-dealkylation sites (N-methyl/N-ethyl adjacent to an activating group) is 1. The third-order valence-corrected chi connectivity index (χ3v) is 2.26. The molecule has 0 radical (unpaired) electrons. The molecule has 15 heavy (non-hydrogen) atoms. The molecule has 0 rings (SSSR count). The molecule has 0 unspecified atom stereocenters. The first kappa shape index (κ1) is 13.7. The van der Waals surface area contributed by atoms with E-state index in [1.165, 1.54) is 11.1 Å². The molecule has 0 saturated heterocycles. The molecule has 0 aliphatic heterocycles. The Labute approximate surface area is 93.5 Å². The van der Waals surface area contributed by atoms with Gasteiger partial charge in [0.25, 0.3) is 0 Å². The molecule has 0 spiro atoms. The summed E-state index contributed by atoms with van der Waals surface area (Å²) in [6.07, 6.45) is 4.69. The Kier molecular flexibility index (Phi) is 6.43. The molecule has 0 fully saturated rings. The second-order valence-electron chi connectivity index (χ2n) is 3.55. The minimum absolute atomic E-state index is 0.836. The van der Waals surface area contributed by atoms with Crippen LogP contribution in [0, 0.1) is 0 Å². The van der Waals surface area contributed by atoms with Crippen LogP contribution in [0.5, 0.6) is 0 Å². The third-order valence-electron chi connectivity index (χ3n) is 2.26. The zero-order chi connectivity index (χ0) is 11.8. The van der Waals surface area contributed by atoms with Gasteiger partial charge in [0.2, 0.25) is 0 Å². The molecule has 0 bridgehead atoms. The van der Waals surface area contributed by atoms with Crippen molar-refractivity contribution in [3.63, 3.8) is 0 Å². The van der Waals surface area contributed by atoms with Gasteiger partial charge < -0.3 is 5.32 Å². The Bertz CT molecular complexity index is 302. The summed E-state index contributed by atoms with van der Waals surface area (Å²) in [6.45, 7) is 12.1. The summed E-state index contributed by atoms with van der Waals surface area (Å²) in [4.78, 5) is 4.31. The van der Waals surface area contributed by atoms with Gasteiger partial charge in [0.05, 0.1) is 0 Å². The number of hydrogen-bond acceptors (Lipinski definition) is 2. The van der Waals surface area contributed by atoms with Crippen LogP contribution < -0.4 is 5.32 Å². The van der Waals surface area contributed by atoms with Crippen molar-refractivity contribution in [1.29, 1.82) is 0 Å². The average molecular weight is 206 g/mol. The van der Waals surface area contributed by atoms with E-state index in [2.05, 4.69) is 30.7 Å². The maximum Gasteiger partial charge on any atom is 0.0401 e. The molecule has 2 nitrogen and oxygen atoms in total. The molecule has 0 aliphatic rings. The lowest BCUT2D eigenvalue weighted by Gasteiger charge is -2.13. The molecule has 0 heterocycles. The van der Waals surface area contributed by atoms with Crippen molar-refractivity contribution in [2.75, 3.05) is 7.05 Å². The zero-order valence-corrected chi connectivity index (χ0v) is 10.5. The molecule has 0 amide bonds. The number of nitrogens with one attached hydrogen (secondary N) is 1. The van der Waals surface area contributed by atoms with Gasteiger partial charge in [0.1, 0.15) is 0 Å². The molecule has 0 aromatic rings. The summed E-state index contributed by atoms with van der Waals surface area (Å²) < 4.78 is 0. The highest BCUT2D eigenvalue weighted by atomic mass is 14.8. The van der Waals surface area contributed by atoms with Crippen LogP contribution >= 0.6 is 0 Å². The van der Waals surface area contributed by atoms with Crippen molar-refractivity contribution in [3.8, 4) is 0 Å². The largest absolute Gasteiger partial charge is 0.388 e. The minimum atomic E-state index is 0.836. The fraction of sp³-hybridized carbons (Fsp3) is 0.462. The highest BCUT2D eigenvalue weighted by Crippen LogP contribution is 2.20. The first-order valence-corrected chi connectivity index (χ1v) is 5.24. The van der Waals surface area contributed by atoms with Gasteiger partial charge in [0.15, 0.2) is 0 Å². The van der Waals surface area contributed by atoms with Gasteiger partial charge in [-0.05, 0) is 33.3 Å². The van der Waals surface area contributed by atoms with Crippen LogP contribution in [-0.4, -0.2) is 13.3 Å². The van der Waals surface area contributed by atoms with Crippen molar-refractivity contribution >= 4 is 6.21 Å². The summed E-state index contributed by atoms with van der Waals surface area (Å²) >= 11 is 0. The summed E-state index contributed by atoms with van der Waals surface area (Å²) in [5.74, 6) is 0. The van der Waals surface area contributed by atoms with Gasteiger partial charge in [0, 0.05) is 31.1 Å². The monoisotopic (exact) mass is 206 g/mol. The van der Waals surface area contributed by atoms with Crippen LogP contribution in [0.1, 0.15) is 34.1 Å². The predicted octanol–water partition coefficient (Wildman–Crippen LogP) is 3.44. The molecule has 2 heteroatoms. The van der Waals surface area contributed by atoms with Crippen molar-refractivity contribution < 1.29 is 0 Å². The molecule has 0 aromatic heterocycles. The summed E-state index contributed by atoms with van der Waals surface area (Å²) in [5, 5.41) is 3.09. The first-order valence-electron chi connectivity index (χ1n) is 5.24. The van der Waals surface area contributed by atoms with Crippen molar-refractivity contribution in [2.24, 2.45) is 4.99 Å². The van der Waals surface area contributed by atoms with E-state index >= 15 is 0 Å². The van der Waals surface area contributed by atoms with E-state index < -0.39 is 0 Å². The van der Waals surface area contributed by atoms with Gasteiger partial charge in [-0.2, -0.15) is 0 Å². The molecule has 0 saturated carbocycles. The Balaban J connectivity index is 4.87. The maximum absolute atomic E-state index is 4.31. The fourth-order valence-electron chi connectivity index (χ4n) is 1.31. The lowest BCUT2D eigenvalue weighted by molar-refractivity contribution is 0.942. The quantitative estimate of drug-likeness (QED) is 0.541. The fourth-order valence-corrected chi connectivity index (χ4v) is 1.31. The highest BCUT2D eigenvalue weighted by molar-refractivity contribution is 5.55. The maximum atomic E-state index is 4.31. The number of aliphatic imine (C=N–C) groups is 1. The molecule has 0 aromatic carbocycles. The normalized spacial score (nSPS) is 11.7. The Hall–Kier alpha value is -1.31. The van der Waals surface area contributed by atoms with E-state index in [9.17, 15) is 0 Å². The Morgan fingerprint density at radius 2 is 1.93 bits per heavy atom. The summed E-state index contributed by atoms with van der Waals surface area (Å²) in [7, 11) is 1.89. The Morgan fingerprint density at radius 1 is 1.33 bits per heavy atom. The third kappa shape index (κ3) is 4.63. The smallest absolute Gasteiger partial charge is 0.0401 e. The molecular formula is C13H22N2. The predicted molar refractivity (Wildman–Crippen MR) is 69.1 cm³/mol. The van der Waals surface area contributed by atoms with E-state index in [4.69, 9.17) is 0 Å². The Morgan fingerprint density at radius 3 is 2.27 bits per heavy atom. The minimum Gasteiger partial charge on any atom is -0.388 e. The van der Waals surface area contributed by atoms with Crippen LogP contribution in [0.25, 0.3) is 0 Å². The van der Waals surface area contributed by atoms with Crippen LogP contribution in [0.15, 0.2) is 40.2 Å². The zero-order valence-electron chi connectivity index (χ0n) is 10.5. The molecule has 0 aliphatic carbocycles. The lowest BCUT2D eigenvalue weighted by atomic mass is 10.0. The average Bonchev–Trinajstić information content (AvgIpc) is 2.22. The molecule has 0 atom stereocenters. The van der Waals surface area contributed by atoms with Crippen molar-refractivity contribution in [1.82, 2.24) is 5.32 Å². The number of nitrogens with zero attached hydrogens (tertiary/aromatic N) is 1. The van der Waals surface area contributed by atoms with Crippen LogP contribution in [0.4, 0.5) is 0 Å². The highest BCUT2D eigenvalue weighted by Gasteiger charge is 2.05. The number of allylic oxidation sites excluding steroid dienone is 4. The van der Waals surface area contributed by atoms with E-state index in [1.54, 1.807) is 0 Å². The summed E-state index contributed by atoms with van der Waals surface area (Å²) in [5.41, 5.74) is 4.56. The summed E-state index contributed by atoms with van der Waals surface area (Å²) in [6, 6.07) is 0. The van der Waals surface area contributed by atoms with Crippen molar-refractivity contribution in [3.05, 3.63) is 35.2 Å². The first-order chi connectivity index (χ1) is 7.06.